The molecule has 0 atom stereocenters. The molecular formula is C10H10F3N3O2. The summed E-state index contributed by atoms with van der Waals surface area (Å²) in [6.45, 7) is -0.0316. The van der Waals surface area contributed by atoms with Crippen molar-refractivity contribution >= 4 is 5.91 Å². The zero-order valence-corrected chi connectivity index (χ0v) is 9.20. The smallest absolute Gasteiger partial charge is 0.273 e. The van der Waals surface area contributed by atoms with E-state index in [2.05, 4.69) is 9.97 Å². The van der Waals surface area contributed by atoms with Gasteiger partial charge in [0.1, 0.15) is 0 Å². The van der Waals surface area contributed by atoms with Crippen LogP contribution in [0.1, 0.15) is 23.3 Å². The van der Waals surface area contributed by atoms with Crippen molar-refractivity contribution < 1.29 is 22.7 Å². The van der Waals surface area contributed by atoms with Gasteiger partial charge in [-0.1, -0.05) is 0 Å². The van der Waals surface area contributed by atoms with Gasteiger partial charge in [-0.2, -0.15) is 4.39 Å². The van der Waals surface area contributed by atoms with Gasteiger partial charge in [0.05, 0.1) is 12.8 Å². The monoisotopic (exact) mass is 261 g/mol. The highest BCUT2D eigenvalue weighted by molar-refractivity contribution is 5.92. The second-order valence-corrected chi connectivity index (χ2v) is 4.15. The first-order valence-electron chi connectivity index (χ1n) is 5.20. The van der Waals surface area contributed by atoms with Gasteiger partial charge in [0, 0.05) is 18.8 Å². The second kappa shape index (κ2) is 4.43. The molecule has 0 unspecified atom stereocenters. The van der Waals surface area contributed by atoms with Crippen LogP contribution in [0.25, 0.3) is 0 Å². The molecule has 1 amide bonds. The molecule has 1 aromatic rings. The van der Waals surface area contributed by atoms with Gasteiger partial charge in [-0.15, -0.1) is 0 Å². The lowest BCUT2D eigenvalue weighted by Gasteiger charge is -2.34. The molecule has 0 saturated heterocycles. The topological polar surface area (TPSA) is 78.1 Å². The normalized spacial score (nSPS) is 18.2. The molecule has 2 N–H and O–H groups in total. The van der Waals surface area contributed by atoms with E-state index in [1.807, 2.05) is 0 Å². The molecule has 1 aromatic heterocycles. The first-order chi connectivity index (χ1) is 8.37. The molecule has 1 fully saturated rings. The predicted octanol–water partition coefficient (Wildman–Crippen LogP) is 1.14. The molecule has 18 heavy (non-hydrogen) atoms. The van der Waals surface area contributed by atoms with Crippen molar-refractivity contribution in [2.45, 2.75) is 18.8 Å². The van der Waals surface area contributed by atoms with E-state index in [4.69, 9.17) is 10.5 Å². The Labute approximate surface area is 100 Å². The van der Waals surface area contributed by atoms with E-state index >= 15 is 0 Å². The highest BCUT2D eigenvalue weighted by atomic mass is 19.3. The number of hydrogen-bond donors (Lipinski definition) is 1. The predicted molar refractivity (Wildman–Crippen MR) is 53.7 cm³/mol. The van der Waals surface area contributed by atoms with Crippen molar-refractivity contribution in [2.24, 2.45) is 11.7 Å². The van der Waals surface area contributed by atoms with Gasteiger partial charge in [0.25, 0.3) is 5.91 Å². The average Bonchev–Trinajstić information content (AvgIpc) is 2.24. The third-order valence-corrected chi connectivity index (χ3v) is 2.57. The van der Waals surface area contributed by atoms with Crippen LogP contribution in [0.4, 0.5) is 13.2 Å². The number of ether oxygens (including phenoxy) is 1. The Kier molecular flexibility index (Phi) is 3.10. The molecular weight excluding hydrogens is 251 g/mol. The van der Waals surface area contributed by atoms with Gasteiger partial charge in [0.15, 0.2) is 5.69 Å². The van der Waals surface area contributed by atoms with Gasteiger partial charge in [-0.05, 0) is 0 Å². The van der Waals surface area contributed by atoms with Crippen molar-refractivity contribution in [3.8, 4) is 5.88 Å². The average molecular weight is 261 g/mol. The number of carbonyl (C=O) groups is 1. The van der Waals surface area contributed by atoms with Gasteiger partial charge < -0.3 is 10.5 Å². The van der Waals surface area contributed by atoms with Crippen LogP contribution in [0, 0.1) is 11.9 Å². The van der Waals surface area contributed by atoms with E-state index in [9.17, 15) is 18.0 Å². The maximum absolute atomic E-state index is 12.7. The quantitative estimate of drug-likeness (QED) is 0.881. The molecule has 0 aliphatic heterocycles. The van der Waals surface area contributed by atoms with Crippen LogP contribution in [-0.4, -0.2) is 28.4 Å². The molecule has 98 valence electrons. The Morgan fingerprint density at radius 1 is 1.56 bits per heavy atom. The minimum absolute atomic E-state index is 0.0316. The number of amides is 1. The molecule has 1 saturated carbocycles. The number of hydrogen-bond acceptors (Lipinski definition) is 4. The molecule has 0 bridgehead atoms. The van der Waals surface area contributed by atoms with Crippen molar-refractivity contribution in [1.82, 2.24) is 9.97 Å². The zero-order chi connectivity index (χ0) is 13.3. The maximum Gasteiger partial charge on any atom is 0.273 e. The summed E-state index contributed by atoms with van der Waals surface area (Å²) in [5.41, 5.74) is 4.53. The van der Waals surface area contributed by atoms with Crippen LogP contribution < -0.4 is 10.5 Å². The summed E-state index contributed by atoms with van der Waals surface area (Å²) in [5, 5.41) is 0. The number of carbonyl (C=O) groups excluding carboxylic acids is 1. The second-order valence-electron chi connectivity index (χ2n) is 4.15. The zero-order valence-electron chi connectivity index (χ0n) is 9.20. The summed E-state index contributed by atoms with van der Waals surface area (Å²) < 4.78 is 43.0. The first-order valence-corrected chi connectivity index (χ1v) is 5.20. The van der Waals surface area contributed by atoms with E-state index in [1.54, 1.807) is 0 Å². The Bertz CT molecular complexity index is 473. The summed E-state index contributed by atoms with van der Waals surface area (Å²) in [6.07, 6.45) is 0.220. The number of halogens is 3. The lowest BCUT2D eigenvalue weighted by atomic mass is 9.82. The third kappa shape index (κ3) is 2.69. The van der Waals surface area contributed by atoms with Crippen LogP contribution in [0.5, 0.6) is 5.88 Å². The highest BCUT2D eigenvalue weighted by Gasteiger charge is 2.45. The Balaban J connectivity index is 1.99. The molecule has 2 rings (SSSR count). The van der Waals surface area contributed by atoms with Crippen LogP contribution in [0.2, 0.25) is 0 Å². The number of alkyl halides is 2. The Morgan fingerprint density at radius 2 is 2.22 bits per heavy atom. The van der Waals surface area contributed by atoms with Crippen LogP contribution >= 0.6 is 0 Å². The molecule has 8 heteroatoms. The van der Waals surface area contributed by atoms with Crippen molar-refractivity contribution in [3.63, 3.8) is 0 Å². The van der Waals surface area contributed by atoms with Gasteiger partial charge in [0.2, 0.25) is 17.8 Å². The van der Waals surface area contributed by atoms with Crippen molar-refractivity contribution in [1.29, 1.82) is 0 Å². The summed E-state index contributed by atoms with van der Waals surface area (Å²) in [4.78, 5) is 17.7. The number of rotatable bonds is 4. The molecule has 0 spiro atoms. The third-order valence-electron chi connectivity index (χ3n) is 2.57. The molecule has 1 heterocycles. The fourth-order valence-corrected chi connectivity index (χ4v) is 1.72. The minimum atomic E-state index is -2.64. The van der Waals surface area contributed by atoms with Gasteiger partial charge in [-0.25, -0.2) is 18.7 Å². The first kappa shape index (κ1) is 12.6. The maximum atomic E-state index is 12.7. The number of primary amides is 1. The van der Waals surface area contributed by atoms with E-state index in [0.717, 1.165) is 6.20 Å². The summed E-state index contributed by atoms with van der Waals surface area (Å²) in [6, 6.07) is 0. The minimum Gasteiger partial charge on any atom is -0.476 e. The van der Waals surface area contributed by atoms with Crippen molar-refractivity contribution in [3.05, 3.63) is 17.8 Å². The lowest BCUT2D eigenvalue weighted by Crippen LogP contribution is -2.38. The van der Waals surface area contributed by atoms with Crippen LogP contribution in [0.15, 0.2) is 6.20 Å². The number of nitrogens with two attached hydrogens (primary N) is 1. The Hall–Kier alpha value is -1.86. The molecule has 0 aromatic carbocycles. The van der Waals surface area contributed by atoms with E-state index < -0.39 is 23.5 Å². The van der Waals surface area contributed by atoms with Gasteiger partial charge >= 0.3 is 0 Å². The Morgan fingerprint density at radius 3 is 2.78 bits per heavy atom. The SMILES string of the molecule is NC(=O)c1nc(F)cnc1OCC1CC(F)(F)C1. The standard InChI is InChI=1S/C10H10F3N3O2/c11-6-3-15-9(7(16-6)8(14)17)18-4-5-1-10(12,13)2-5/h3,5H,1-2,4H2,(H2,14,17). The van der Waals surface area contributed by atoms with Crippen molar-refractivity contribution in [2.75, 3.05) is 6.61 Å². The van der Waals surface area contributed by atoms with Crippen LogP contribution in [-0.2, 0) is 0 Å². The highest BCUT2D eigenvalue weighted by Crippen LogP contribution is 2.42. The van der Waals surface area contributed by atoms with Gasteiger partial charge in [-0.3, -0.25) is 4.79 Å². The summed E-state index contributed by atoms with van der Waals surface area (Å²) in [5.74, 6) is -5.15. The van der Waals surface area contributed by atoms with E-state index in [1.165, 1.54) is 0 Å². The van der Waals surface area contributed by atoms with E-state index in [-0.39, 0.29) is 31.2 Å². The fourth-order valence-electron chi connectivity index (χ4n) is 1.72. The summed E-state index contributed by atoms with van der Waals surface area (Å²) >= 11 is 0. The largest absolute Gasteiger partial charge is 0.476 e. The number of nitrogens with zero attached hydrogens (tertiary/aromatic N) is 2. The molecule has 1 aliphatic carbocycles. The fraction of sp³-hybridized carbons (Fsp3) is 0.500. The van der Waals surface area contributed by atoms with Crippen LogP contribution in [0.3, 0.4) is 0 Å². The summed E-state index contributed by atoms with van der Waals surface area (Å²) in [7, 11) is 0. The molecule has 5 nitrogen and oxygen atoms in total. The lowest BCUT2D eigenvalue weighted by molar-refractivity contribution is -0.119. The molecule has 0 radical (unpaired) electrons. The molecule has 1 aliphatic rings. The number of aromatic nitrogens is 2. The van der Waals surface area contributed by atoms with E-state index in [0.29, 0.717) is 0 Å².